The van der Waals surface area contributed by atoms with Crippen LogP contribution in [0.5, 0.6) is 0 Å². The number of sulfone groups is 1. The van der Waals surface area contributed by atoms with Crippen molar-refractivity contribution in [1.29, 1.82) is 0 Å². The zero-order valence-electron chi connectivity index (χ0n) is 10.7. The number of nitrogens with zero attached hydrogens (tertiary/aromatic N) is 1. The lowest BCUT2D eigenvalue weighted by molar-refractivity contribution is 0.307. The third-order valence-electron chi connectivity index (χ3n) is 3.11. The van der Waals surface area contributed by atoms with Crippen LogP contribution in [-0.2, 0) is 9.84 Å². The number of allylic oxidation sites excluding steroid dienone is 1. The van der Waals surface area contributed by atoms with Gasteiger partial charge in [-0.25, -0.2) is 8.42 Å². The van der Waals surface area contributed by atoms with Gasteiger partial charge in [0.05, 0.1) is 11.5 Å². The fourth-order valence-corrected chi connectivity index (χ4v) is 3.54. The number of hydrogen-bond donors (Lipinski definition) is 1. The van der Waals surface area contributed by atoms with Crippen molar-refractivity contribution in [3.05, 3.63) is 12.7 Å². The molecule has 4 nitrogen and oxygen atoms in total. The van der Waals surface area contributed by atoms with E-state index < -0.39 is 9.84 Å². The van der Waals surface area contributed by atoms with E-state index in [0.717, 1.165) is 32.4 Å². The lowest BCUT2D eigenvalue weighted by Gasteiger charge is -2.25. The van der Waals surface area contributed by atoms with Crippen molar-refractivity contribution in [3.63, 3.8) is 0 Å². The fourth-order valence-electron chi connectivity index (χ4n) is 2.05. The van der Waals surface area contributed by atoms with Crippen LogP contribution in [0, 0.1) is 0 Å². The minimum absolute atomic E-state index is 0.135. The highest BCUT2D eigenvalue weighted by Crippen LogP contribution is 2.06. The normalized spacial score (nSPS) is 23.8. The SMILES string of the molecule is C=CCCCN(C)CCC1CS(=O)(=O)CCN1. The molecule has 0 spiro atoms. The Bertz CT molecular complexity index is 327. The second kappa shape index (κ2) is 7.13. The largest absolute Gasteiger partial charge is 0.312 e. The monoisotopic (exact) mass is 260 g/mol. The van der Waals surface area contributed by atoms with Gasteiger partial charge in [-0.05, 0) is 39.4 Å². The Morgan fingerprint density at radius 3 is 2.88 bits per heavy atom. The van der Waals surface area contributed by atoms with Gasteiger partial charge in [0.2, 0.25) is 0 Å². The van der Waals surface area contributed by atoms with Gasteiger partial charge in [-0.2, -0.15) is 0 Å². The molecular weight excluding hydrogens is 236 g/mol. The molecule has 0 bridgehead atoms. The molecule has 0 amide bonds. The second-order valence-electron chi connectivity index (χ2n) is 4.79. The van der Waals surface area contributed by atoms with Crippen LogP contribution in [0.25, 0.3) is 0 Å². The quantitative estimate of drug-likeness (QED) is 0.540. The van der Waals surface area contributed by atoms with E-state index >= 15 is 0 Å². The summed E-state index contributed by atoms with van der Waals surface area (Å²) in [6.07, 6.45) is 5.00. The summed E-state index contributed by atoms with van der Waals surface area (Å²) in [6.45, 7) is 6.30. The van der Waals surface area contributed by atoms with Gasteiger partial charge in [-0.1, -0.05) is 6.08 Å². The van der Waals surface area contributed by atoms with Crippen molar-refractivity contribution >= 4 is 9.84 Å². The molecule has 0 aromatic rings. The van der Waals surface area contributed by atoms with E-state index in [4.69, 9.17) is 0 Å². The zero-order valence-corrected chi connectivity index (χ0v) is 11.5. The zero-order chi connectivity index (χ0) is 12.7. The van der Waals surface area contributed by atoms with E-state index in [0.29, 0.717) is 18.1 Å². The standard InChI is InChI=1S/C12H24N2O2S/c1-3-4-5-8-14(2)9-6-12-11-17(15,16)10-7-13-12/h3,12-13H,1,4-11H2,2H3. The van der Waals surface area contributed by atoms with Gasteiger partial charge in [0.15, 0.2) is 9.84 Å². The molecule has 1 atom stereocenters. The Hall–Kier alpha value is -0.390. The molecule has 1 saturated heterocycles. The van der Waals surface area contributed by atoms with Crippen molar-refractivity contribution in [2.45, 2.75) is 25.3 Å². The van der Waals surface area contributed by atoms with Crippen molar-refractivity contribution in [2.24, 2.45) is 0 Å². The maximum Gasteiger partial charge on any atom is 0.153 e. The summed E-state index contributed by atoms with van der Waals surface area (Å²) in [5.74, 6) is 0.589. The average molecular weight is 260 g/mol. The second-order valence-corrected chi connectivity index (χ2v) is 7.02. The van der Waals surface area contributed by atoms with Crippen LogP contribution in [0.2, 0.25) is 0 Å². The van der Waals surface area contributed by atoms with Gasteiger partial charge in [-0.3, -0.25) is 0 Å². The van der Waals surface area contributed by atoms with Gasteiger partial charge in [0.25, 0.3) is 0 Å². The van der Waals surface area contributed by atoms with Gasteiger partial charge >= 0.3 is 0 Å². The predicted molar refractivity (Wildman–Crippen MR) is 72.0 cm³/mol. The molecule has 0 saturated carbocycles. The summed E-state index contributed by atoms with van der Waals surface area (Å²) < 4.78 is 22.9. The topological polar surface area (TPSA) is 49.4 Å². The molecule has 1 fully saturated rings. The van der Waals surface area contributed by atoms with Gasteiger partial charge < -0.3 is 10.2 Å². The Kier molecular flexibility index (Phi) is 6.16. The first-order chi connectivity index (χ1) is 8.03. The number of unbranched alkanes of at least 4 members (excludes halogenated alkanes) is 1. The third kappa shape index (κ3) is 6.19. The molecular formula is C12H24N2O2S. The number of hydrogen-bond acceptors (Lipinski definition) is 4. The first-order valence-corrected chi connectivity index (χ1v) is 8.09. The van der Waals surface area contributed by atoms with Gasteiger partial charge in [-0.15, -0.1) is 6.58 Å². The summed E-state index contributed by atoms with van der Waals surface area (Å²) in [4.78, 5) is 2.26. The summed E-state index contributed by atoms with van der Waals surface area (Å²) in [6, 6.07) is 0.135. The van der Waals surface area contributed by atoms with E-state index in [-0.39, 0.29) is 6.04 Å². The molecule has 1 rings (SSSR count). The van der Waals surface area contributed by atoms with Crippen molar-refractivity contribution in [2.75, 3.05) is 38.2 Å². The van der Waals surface area contributed by atoms with Crippen LogP contribution in [0.15, 0.2) is 12.7 Å². The van der Waals surface area contributed by atoms with E-state index in [9.17, 15) is 8.42 Å². The Morgan fingerprint density at radius 1 is 1.47 bits per heavy atom. The van der Waals surface area contributed by atoms with Crippen LogP contribution < -0.4 is 5.32 Å². The highest BCUT2D eigenvalue weighted by Gasteiger charge is 2.23. The lowest BCUT2D eigenvalue weighted by Crippen LogP contribution is -2.46. The molecule has 0 radical (unpaired) electrons. The first kappa shape index (κ1) is 14.7. The highest BCUT2D eigenvalue weighted by molar-refractivity contribution is 7.91. The Morgan fingerprint density at radius 2 is 2.24 bits per heavy atom. The molecule has 1 unspecified atom stereocenters. The smallest absolute Gasteiger partial charge is 0.153 e. The van der Waals surface area contributed by atoms with Crippen LogP contribution >= 0.6 is 0 Å². The van der Waals surface area contributed by atoms with Crippen molar-refractivity contribution in [1.82, 2.24) is 10.2 Å². The minimum Gasteiger partial charge on any atom is -0.312 e. The number of rotatable bonds is 7. The molecule has 0 aromatic carbocycles. The Balaban J connectivity index is 2.19. The molecule has 5 heteroatoms. The minimum atomic E-state index is -2.80. The maximum atomic E-state index is 11.5. The summed E-state index contributed by atoms with van der Waals surface area (Å²) >= 11 is 0. The molecule has 1 aliphatic rings. The van der Waals surface area contributed by atoms with E-state index in [1.54, 1.807) is 0 Å². The van der Waals surface area contributed by atoms with E-state index in [2.05, 4.69) is 23.8 Å². The van der Waals surface area contributed by atoms with Gasteiger partial charge in [0, 0.05) is 12.6 Å². The van der Waals surface area contributed by atoms with Gasteiger partial charge in [0.1, 0.15) is 0 Å². The summed E-state index contributed by atoms with van der Waals surface area (Å²) in [7, 11) is -0.711. The predicted octanol–water partition coefficient (Wildman–Crippen LogP) is 0.661. The molecule has 1 N–H and O–H groups in total. The van der Waals surface area contributed by atoms with Crippen LogP contribution in [0.1, 0.15) is 19.3 Å². The average Bonchev–Trinajstić information content (AvgIpc) is 2.25. The molecule has 1 aliphatic heterocycles. The van der Waals surface area contributed by atoms with Crippen LogP contribution in [0.3, 0.4) is 0 Å². The highest BCUT2D eigenvalue weighted by atomic mass is 32.2. The molecule has 0 aromatic heterocycles. The fraction of sp³-hybridized carbons (Fsp3) is 0.833. The van der Waals surface area contributed by atoms with E-state index in [1.807, 2.05) is 6.08 Å². The molecule has 100 valence electrons. The lowest BCUT2D eigenvalue weighted by atomic mass is 10.2. The third-order valence-corrected chi connectivity index (χ3v) is 4.84. The summed E-state index contributed by atoms with van der Waals surface area (Å²) in [5, 5.41) is 3.28. The van der Waals surface area contributed by atoms with Crippen LogP contribution in [-0.4, -0.2) is 57.5 Å². The van der Waals surface area contributed by atoms with Crippen molar-refractivity contribution in [3.8, 4) is 0 Å². The van der Waals surface area contributed by atoms with E-state index in [1.165, 1.54) is 0 Å². The number of nitrogens with one attached hydrogen (secondary N) is 1. The first-order valence-electron chi connectivity index (χ1n) is 6.27. The molecule has 17 heavy (non-hydrogen) atoms. The van der Waals surface area contributed by atoms with Crippen LogP contribution in [0.4, 0.5) is 0 Å². The Labute approximate surface area is 105 Å². The maximum absolute atomic E-state index is 11.5. The van der Waals surface area contributed by atoms with Crippen molar-refractivity contribution < 1.29 is 8.42 Å². The summed E-state index contributed by atoms with van der Waals surface area (Å²) in [5.41, 5.74) is 0. The molecule has 0 aliphatic carbocycles. The molecule has 1 heterocycles.